The van der Waals surface area contributed by atoms with E-state index in [0.717, 1.165) is 23.2 Å². The molecule has 0 fully saturated rings. The van der Waals surface area contributed by atoms with Crippen molar-refractivity contribution < 1.29 is 28.5 Å². The van der Waals surface area contributed by atoms with Gasteiger partial charge in [0.25, 0.3) is 0 Å². The average Bonchev–Trinajstić information content (AvgIpc) is 3.78. The lowest BCUT2D eigenvalue weighted by molar-refractivity contribution is -0.266. The van der Waals surface area contributed by atoms with E-state index in [0.29, 0.717) is 22.4 Å². The highest BCUT2D eigenvalue weighted by atomic mass is 32.1. The molecule has 4 heterocycles. The molecule has 4 rings (SSSR count). The predicted octanol–water partition coefficient (Wildman–Crippen LogP) is 7.19. The molecule has 0 bridgehead atoms. The van der Waals surface area contributed by atoms with Gasteiger partial charge in [0.15, 0.2) is 11.4 Å². The maximum absolute atomic E-state index is 12.7. The minimum absolute atomic E-state index is 0. The van der Waals surface area contributed by atoms with Gasteiger partial charge in [-0.2, -0.15) is 28.6 Å². The van der Waals surface area contributed by atoms with Gasteiger partial charge in [-0.05, 0) is 78.2 Å². The molecule has 1 unspecified atom stereocenters. The van der Waals surface area contributed by atoms with Crippen molar-refractivity contribution in [3.05, 3.63) is 45.7 Å². The van der Waals surface area contributed by atoms with Crippen molar-refractivity contribution in [2.75, 3.05) is 0 Å². The number of nitrogens with zero attached hydrogens (tertiary/aromatic N) is 10. The first-order valence-corrected chi connectivity index (χ1v) is 16.4. The molecule has 288 valence electrons. The predicted molar refractivity (Wildman–Crippen MR) is 189 cm³/mol. The van der Waals surface area contributed by atoms with Crippen LogP contribution >= 0.6 is 11.3 Å². The highest BCUT2D eigenvalue weighted by molar-refractivity contribution is 7.11. The largest absolute Gasteiger partial charge is 0.422 e. The van der Waals surface area contributed by atoms with Crippen LogP contribution in [0, 0.1) is 0 Å². The first-order chi connectivity index (χ1) is 21.9. The number of halogens is 3. The highest BCUT2D eigenvalue weighted by Crippen LogP contribution is 2.44. The molecule has 0 spiro atoms. The maximum Gasteiger partial charge on any atom is 0.422 e. The highest BCUT2D eigenvalue weighted by Gasteiger charge is 2.54. The Kier molecular flexibility index (Phi) is 19.4. The quantitative estimate of drug-likeness (QED) is 0.143. The van der Waals surface area contributed by atoms with E-state index in [-0.39, 0.29) is 37.7 Å². The molecule has 4 N–H and O–H groups in total. The Labute approximate surface area is 298 Å². The molecule has 18 heteroatoms. The minimum atomic E-state index is -4.66. The smallest absolute Gasteiger partial charge is 0.384 e. The van der Waals surface area contributed by atoms with Gasteiger partial charge in [-0.3, -0.25) is 0 Å². The zero-order chi connectivity index (χ0) is 37.3. The number of thiazole rings is 1. The molecule has 0 radical (unpaired) electrons. The Balaban J connectivity index is 0. The Bertz CT molecular complexity index is 1470. The second-order valence-electron chi connectivity index (χ2n) is 13.3. The van der Waals surface area contributed by atoms with Crippen LogP contribution in [0.15, 0.2) is 18.6 Å². The van der Waals surface area contributed by atoms with Crippen LogP contribution in [-0.2, 0) is 16.8 Å². The zero-order valence-electron chi connectivity index (χ0n) is 30.1. The molecule has 14 nitrogen and oxygen atoms in total. The van der Waals surface area contributed by atoms with Gasteiger partial charge in [0, 0.05) is 18.2 Å². The maximum atomic E-state index is 12.7. The molecule has 0 amide bonds. The number of tetrazole rings is 1. The summed E-state index contributed by atoms with van der Waals surface area (Å²) in [7, 11) is 0. The molecular formula is C32H60F3N11O3S. The van der Waals surface area contributed by atoms with Crippen molar-refractivity contribution in [2.24, 2.45) is 0 Å². The van der Waals surface area contributed by atoms with E-state index >= 15 is 0 Å². The average molecular weight is 736 g/mol. The summed E-state index contributed by atoms with van der Waals surface area (Å²) in [6.07, 6.45) is -0.439. The van der Waals surface area contributed by atoms with E-state index < -0.39 is 29.4 Å². The van der Waals surface area contributed by atoms with Crippen LogP contribution in [0.2, 0.25) is 0 Å². The first kappa shape index (κ1) is 48.8. The normalized spacial score (nSPS) is 12.9. The zero-order valence-corrected chi connectivity index (χ0v) is 30.9. The third-order valence-corrected chi connectivity index (χ3v) is 8.08. The van der Waals surface area contributed by atoms with Crippen molar-refractivity contribution in [1.29, 1.82) is 0 Å². The molecule has 50 heavy (non-hydrogen) atoms. The standard InChI is InChI=1S/C10H14F3NOS.C8H15N3O.C7H14N4O.C5H9N3.2CH4/c1-4-9(15,10(11,12)13)7-5-14-8(16-7)6(2)3;1-6(2)11-5-7(9-10-11)8(3,4)12;1-5(2)11-6(7(3,4)12)8-9-10-11;1-4(2)5-3-6-8-7-5;;/h5-6,15H,4H2,1-3H3;5-6,12H,1-4H3;5,12H,1-4H3;3-4H,1-2H3,(H,6,7,8);2*1H4. The van der Waals surface area contributed by atoms with Crippen molar-refractivity contribution in [1.82, 2.24) is 55.6 Å². The number of nitrogens with one attached hydrogen (secondary N) is 1. The van der Waals surface area contributed by atoms with Gasteiger partial charge in [0.2, 0.25) is 0 Å². The van der Waals surface area contributed by atoms with Crippen LogP contribution in [0.5, 0.6) is 0 Å². The topological polar surface area (TPSA) is 189 Å². The summed E-state index contributed by atoms with van der Waals surface area (Å²) in [5.41, 5.74) is -3.01. The number of rotatable bonds is 8. The summed E-state index contributed by atoms with van der Waals surface area (Å²) in [5, 5.41) is 58.4. The number of hydrogen-bond acceptors (Lipinski definition) is 12. The van der Waals surface area contributed by atoms with Gasteiger partial charge in [0.05, 0.1) is 34.0 Å². The van der Waals surface area contributed by atoms with Crippen LogP contribution in [0.3, 0.4) is 0 Å². The van der Waals surface area contributed by atoms with E-state index in [1.807, 2.05) is 41.5 Å². The molecule has 0 aliphatic rings. The number of aromatic nitrogens is 11. The first-order valence-electron chi connectivity index (χ1n) is 15.6. The summed E-state index contributed by atoms with van der Waals surface area (Å²) in [5.74, 6) is 1.04. The third kappa shape index (κ3) is 14.1. The number of aliphatic hydroxyl groups is 3. The molecule has 4 aromatic heterocycles. The molecule has 0 aliphatic heterocycles. The van der Waals surface area contributed by atoms with Gasteiger partial charge in [-0.15, -0.1) is 21.5 Å². The number of alkyl halides is 3. The summed E-state index contributed by atoms with van der Waals surface area (Å²) in [6, 6.07) is 0.454. The fraction of sp³-hybridized carbons (Fsp3) is 0.750. The molecule has 0 saturated carbocycles. The monoisotopic (exact) mass is 735 g/mol. The van der Waals surface area contributed by atoms with Gasteiger partial charge in [0.1, 0.15) is 16.9 Å². The Morgan fingerprint density at radius 2 is 1.40 bits per heavy atom. The number of hydrogen-bond donors (Lipinski definition) is 4. The second kappa shape index (κ2) is 19.9. The van der Waals surface area contributed by atoms with Gasteiger partial charge < -0.3 is 15.3 Å². The SMILES string of the molecule is C.C.CC(C)c1cn[nH]n1.CC(C)n1cc(C(C)(C)O)nn1.CC(C)n1nnnc1C(C)(C)O.CCC(O)(c1cnc(C(C)C)s1)C(F)(F)F. The Morgan fingerprint density at radius 1 is 0.820 bits per heavy atom. The lowest BCUT2D eigenvalue weighted by Crippen LogP contribution is -2.40. The van der Waals surface area contributed by atoms with Gasteiger partial charge >= 0.3 is 6.18 Å². The fourth-order valence-corrected chi connectivity index (χ4v) is 4.60. The lowest BCUT2D eigenvalue weighted by Gasteiger charge is -2.27. The van der Waals surface area contributed by atoms with Crippen LogP contribution in [0.4, 0.5) is 13.2 Å². The van der Waals surface area contributed by atoms with Crippen LogP contribution < -0.4 is 0 Å². The lowest BCUT2D eigenvalue weighted by atomic mass is 9.99. The molecule has 0 saturated heterocycles. The fourth-order valence-electron chi connectivity index (χ4n) is 3.50. The molecule has 4 aromatic rings. The molecule has 1 atom stereocenters. The summed E-state index contributed by atoms with van der Waals surface area (Å²) in [4.78, 5) is 3.77. The van der Waals surface area contributed by atoms with Gasteiger partial charge in [-0.25, -0.2) is 14.3 Å². The Hall–Kier alpha value is -3.35. The Morgan fingerprint density at radius 3 is 1.68 bits per heavy atom. The van der Waals surface area contributed by atoms with Crippen molar-refractivity contribution >= 4 is 11.3 Å². The van der Waals surface area contributed by atoms with E-state index in [1.165, 1.54) is 6.92 Å². The van der Waals surface area contributed by atoms with E-state index in [1.54, 1.807) is 49.5 Å². The summed E-state index contributed by atoms with van der Waals surface area (Å²) < 4.78 is 41.5. The third-order valence-electron chi connectivity index (χ3n) is 6.63. The van der Waals surface area contributed by atoms with Crippen molar-refractivity contribution in [3.8, 4) is 0 Å². The number of aromatic amines is 1. The van der Waals surface area contributed by atoms with E-state index in [4.69, 9.17) is 0 Å². The van der Waals surface area contributed by atoms with Crippen LogP contribution in [-0.4, -0.2) is 77.1 Å². The van der Waals surface area contributed by atoms with Crippen molar-refractivity contribution in [2.45, 2.75) is 158 Å². The van der Waals surface area contributed by atoms with E-state index in [2.05, 4.69) is 60.1 Å². The van der Waals surface area contributed by atoms with Crippen LogP contribution in [0.1, 0.15) is 162 Å². The minimum Gasteiger partial charge on any atom is -0.384 e. The molecule has 0 aromatic carbocycles. The molecule has 0 aliphatic carbocycles. The molecular weight excluding hydrogens is 675 g/mol. The second-order valence-corrected chi connectivity index (χ2v) is 14.4. The number of H-pyrrole nitrogens is 1. The van der Waals surface area contributed by atoms with Crippen molar-refractivity contribution in [3.63, 3.8) is 0 Å². The summed E-state index contributed by atoms with van der Waals surface area (Å²) in [6.45, 7) is 23.8. The van der Waals surface area contributed by atoms with E-state index in [9.17, 15) is 28.5 Å². The van der Waals surface area contributed by atoms with Crippen LogP contribution in [0.25, 0.3) is 0 Å². The van der Waals surface area contributed by atoms with Gasteiger partial charge in [-0.1, -0.05) is 54.7 Å². The summed E-state index contributed by atoms with van der Waals surface area (Å²) >= 11 is 0.918.